The number of nitrogens with one attached hydrogen (secondary N) is 1. The number of unbranched alkanes of at least 4 members (excludes halogenated alkanes) is 18. The SMILES string of the molecule is CCCCC/C=C\C/C=C\CCCCCCCC(=O)NCC(O)COC(=O)CCCCCCCCCCCCC. The van der Waals surface area contributed by atoms with E-state index in [9.17, 15) is 14.7 Å². The number of hydrogen-bond acceptors (Lipinski definition) is 4. The first-order valence-electron chi connectivity index (χ1n) is 17.0. The zero-order valence-corrected chi connectivity index (χ0v) is 26.4. The number of hydrogen-bond donors (Lipinski definition) is 2. The molecular weight excluding hydrogens is 498 g/mol. The highest BCUT2D eigenvalue weighted by Crippen LogP contribution is 2.12. The zero-order valence-electron chi connectivity index (χ0n) is 26.4. The summed E-state index contributed by atoms with van der Waals surface area (Å²) in [6.45, 7) is 4.56. The van der Waals surface area contributed by atoms with Gasteiger partial charge in [-0.05, 0) is 44.9 Å². The summed E-state index contributed by atoms with van der Waals surface area (Å²) in [7, 11) is 0. The first kappa shape index (κ1) is 38.4. The molecule has 0 aromatic rings. The van der Waals surface area contributed by atoms with Crippen LogP contribution in [0.3, 0.4) is 0 Å². The van der Waals surface area contributed by atoms with E-state index in [0.29, 0.717) is 12.8 Å². The average Bonchev–Trinajstić information content (AvgIpc) is 2.95. The van der Waals surface area contributed by atoms with Gasteiger partial charge in [-0.1, -0.05) is 134 Å². The summed E-state index contributed by atoms with van der Waals surface area (Å²) in [6, 6.07) is 0. The van der Waals surface area contributed by atoms with E-state index in [2.05, 4.69) is 43.5 Å². The van der Waals surface area contributed by atoms with E-state index in [4.69, 9.17) is 4.74 Å². The Morgan fingerprint density at radius 1 is 0.625 bits per heavy atom. The molecule has 0 aliphatic heterocycles. The maximum atomic E-state index is 12.0. The molecule has 0 radical (unpaired) electrons. The van der Waals surface area contributed by atoms with Crippen molar-refractivity contribution < 1.29 is 19.4 Å². The van der Waals surface area contributed by atoms with Crippen LogP contribution in [0.2, 0.25) is 0 Å². The quantitative estimate of drug-likeness (QED) is 0.0518. The van der Waals surface area contributed by atoms with E-state index in [0.717, 1.165) is 44.9 Å². The third-order valence-electron chi connectivity index (χ3n) is 7.31. The highest BCUT2D eigenvalue weighted by molar-refractivity contribution is 5.75. The Kier molecular flexibility index (Phi) is 30.6. The Balaban J connectivity index is 3.47. The topological polar surface area (TPSA) is 75.6 Å². The van der Waals surface area contributed by atoms with Crippen LogP contribution in [-0.4, -0.2) is 36.2 Å². The van der Waals surface area contributed by atoms with Gasteiger partial charge in [-0.2, -0.15) is 0 Å². The molecule has 0 heterocycles. The normalized spacial score (nSPS) is 12.4. The lowest BCUT2D eigenvalue weighted by Crippen LogP contribution is -2.35. The summed E-state index contributed by atoms with van der Waals surface area (Å²) in [5.41, 5.74) is 0. The molecule has 1 amide bonds. The Morgan fingerprint density at radius 2 is 1.07 bits per heavy atom. The molecule has 0 saturated heterocycles. The number of carbonyl (C=O) groups is 2. The molecule has 5 nitrogen and oxygen atoms in total. The second-order valence-corrected chi connectivity index (χ2v) is 11.4. The lowest BCUT2D eigenvalue weighted by molar-refractivity contribution is -0.146. The largest absolute Gasteiger partial charge is 0.463 e. The lowest BCUT2D eigenvalue weighted by atomic mass is 10.1. The predicted octanol–water partition coefficient (Wildman–Crippen LogP) is 9.52. The zero-order chi connectivity index (χ0) is 29.4. The van der Waals surface area contributed by atoms with Crippen molar-refractivity contribution in [1.82, 2.24) is 5.32 Å². The maximum Gasteiger partial charge on any atom is 0.305 e. The van der Waals surface area contributed by atoms with Crippen LogP contribution < -0.4 is 5.32 Å². The van der Waals surface area contributed by atoms with Crippen molar-refractivity contribution >= 4 is 11.9 Å². The van der Waals surface area contributed by atoms with Crippen molar-refractivity contribution in [3.63, 3.8) is 0 Å². The monoisotopic (exact) mass is 563 g/mol. The number of esters is 1. The second kappa shape index (κ2) is 31.9. The van der Waals surface area contributed by atoms with Gasteiger partial charge in [0.25, 0.3) is 0 Å². The van der Waals surface area contributed by atoms with Gasteiger partial charge in [0.2, 0.25) is 5.91 Å². The molecule has 0 bridgehead atoms. The number of allylic oxidation sites excluding steroid dienone is 4. The Morgan fingerprint density at radius 3 is 1.65 bits per heavy atom. The number of ether oxygens (including phenoxy) is 1. The van der Waals surface area contributed by atoms with Crippen LogP contribution in [0.15, 0.2) is 24.3 Å². The number of aliphatic hydroxyl groups is 1. The third-order valence-corrected chi connectivity index (χ3v) is 7.31. The summed E-state index contributed by atoms with van der Waals surface area (Å²) < 4.78 is 5.17. The highest BCUT2D eigenvalue weighted by atomic mass is 16.5. The Bertz CT molecular complexity index is 617. The molecule has 0 fully saturated rings. The van der Waals surface area contributed by atoms with Crippen LogP contribution >= 0.6 is 0 Å². The van der Waals surface area contributed by atoms with Crippen LogP contribution in [-0.2, 0) is 14.3 Å². The molecule has 0 rings (SSSR count). The number of aliphatic hydroxyl groups excluding tert-OH is 1. The van der Waals surface area contributed by atoms with Crippen molar-refractivity contribution in [1.29, 1.82) is 0 Å². The maximum absolute atomic E-state index is 12.0. The Labute approximate surface area is 248 Å². The van der Waals surface area contributed by atoms with Crippen molar-refractivity contribution in [3.8, 4) is 0 Å². The molecule has 0 spiro atoms. The smallest absolute Gasteiger partial charge is 0.305 e. The minimum atomic E-state index is -0.852. The molecular formula is C35H65NO4. The summed E-state index contributed by atoms with van der Waals surface area (Å²) >= 11 is 0. The van der Waals surface area contributed by atoms with Gasteiger partial charge in [0, 0.05) is 19.4 Å². The van der Waals surface area contributed by atoms with Crippen molar-refractivity contribution in [2.24, 2.45) is 0 Å². The summed E-state index contributed by atoms with van der Waals surface area (Å²) in [5, 5.41) is 12.8. The van der Waals surface area contributed by atoms with Gasteiger partial charge in [0.05, 0.1) is 0 Å². The molecule has 0 aliphatic rings. The van der Waals surface area contributed by atoms with E-state index in [1.54, 1.807) is 0 Å². The fourth-order valence-corrected chi connectivity index (χ4v) is 4.67. The molecule has 234 valence electrons. The minimum Gasteiger partial charge on any atom is -0.463 e. The molecule has 40 heavy (non-hydrogen) atoms. The second-order valence-electron chi connectivity index (χ2n) is 11.4. The van der Waals surface area contributed by atoms with E-state index < -0.39 is 6.10 Å². The summed E-state index contributed by atoms with van der Waals surface area (Å²) in [4.78, 5) is 23.9. The van der Waals surface area contributed by atoms with Crippen molar-refractivity contribution in [2.45, 2.75) is 174 Å². The molecule has 0 saturated carbocycles. The van der Waals surface area contributed by atoms with E-state index in [1.165, 1.54) is 96.3 Å². The van der Waals surface area contributed by atoms with Crippen molar-refractivity contribution in [3.05, 3.63) is 24.3 Å². The van der Waals surface area contributed by atoms with Crippen LogP contribution in [0.4, 0.5) is 0 Å². The number of rotatable bonds is 30. The van der Waals surface area contributed by atoms with Gasteiger partial charge < -0.3 is 15.2 Å². The average molecular weight is 564 g/mol. The molecule has 0 aromatic carbocycles. The van der Waals surface area contributed by atoms with E-state index in [-0.39, 0.29) is 25.0 Å². The van der Waals surface area contributed by atoms with Crippen LogP contribution in [0.5, 0.6) is 0 Å². The lowest BCUT2D eigenvalue weighted by Gasteiger charge is -2.12. The van der Waals surface area contributed by atoms with Gasteiger partial charge in [-0.15, -0.1) is 0 Å². The Hall–Kier alpha value is -1.62. The minimum absolute atomic E-state index is 0.0444. The standard InChI is InChI=1S/C35H65NO4/c1-3-5-7-9-11-13-15-16-17-18-20-21-23-25-27-29-34(38)36-31-33(37)32-40-35(39)30-28-26-24-22-19-14-12-10-8-6-4-2/h11,13,16-17,33,37H,3-10,12,14-15,18-32H2,1-2H3,(H,36,38)/b13-11-,17-16-. The van der Waals surface area contributed by atoms with Gasteiger partial charge in [0.1, 0.15) is 12.7 Å². The van der Waals surface area contributed by atoms with Gasteiger partial charge in [0.15, 0.2) is 0 Å². The summed E-state index contributed by atoms with van der Waals surface area (Å²) in [5.74, 6) is -0.302. The van der Waals surface area contributed by atoms with Crippen LogP contribution in [0.25, 0.3) is 0 Å². The van der Waals surface area contributed by atoms with E-state index in [1.807, 2.05) is 0 Å². The first-order chi connectivity index (χ1) is 19.6. The molecule has 5 heteroatoms. The van der Waals surface area contributed by atoms with Gasteiger partial charge >= 0.3 is 5.97 Å². The van der Waals surface area contributed by atoms with Gasteiger partial charge in [-0.3, -0.25) is 9.59 Å². The van der Waals surface area contributed by atoms with Crippen LogP contribution in [0, 0.1) is 0 Å². The first-order valence-corrected chi connectivity index (χ1v) is 17.0. The predicted molar refractivity (Wildman–Crippen MR) is 170 cm³/mol. The highest BCUT2D eigenvalue weighted by Gasteiger charge is 2.10. The molecule has 1 atom stereocenters. The fourth-order valence-electron chi connectivity index (χ4n) is 4.67. The number of amides is 1. The molecule has 0 aliphatic carbocycles. The molecule has 0 aromatic heterocycles. The van der Waals surface area contributed by atoms with E-state index >= 15 is 0 Å². The van der Waals surface area contributed by atoms with Gasteiger partial charge in [-0.25, -0.2) is 0 Å². The van der Waals surface area contributed by atoms with Crippen LogP contribution in [0.1, 0.15) is 168 Å². The molecule has 2 N–H and O–H groups in total. The molecule has 1 unspecified atom stereocenters. The third kappa shape index (κ3) is 30.9. The number of carbonyl (C=O) groups excluding carboxylic acids is 2. The fraction of sp³-hybridized carbons (Fsp3) is 0.829. The summed E-state index contributed by atoms with van der Waals surface area (Å²) in [6.07, 6.45) is 35.6. The van der Waals surface area contributed by atoms with Crippen molar-refractivity contribution in [2.75, 3.05) is 13.2 Å².